The van der Waals surface area contributed by atoms with Crippen LogP contribution in [0.1, 0.15) is 11.1 Å². The maximum atomic E-state index is 5.53. The van der Waals surface area contributed by atoms with Crippen molar-refractivity contribution >= 4 is 22.2 Å². The number of thioether (sulfide) groups is 1. The van der Waals surface area contributed by atoms with E-state index in [2.05, 4.69) is 72.8 Å². The summed E-state index contributed by atoms with van der Waals surface area (Å²) in [5.74, 6) is 0. The minimum absolute atomic E-state index is 0.577. The molecule has 0 aliphatic carbocycles. The fourth-order valence-electron chi connectivity index (χ4n) is 2.55. The van der Waals surface area contributed by atoms with Gasteiger partial charge < -0.3 is 4.74 Å². The van der Waals surface area contributed by atoms with Crippen LogP contribution in [-0.4, -0.2) is 13.7 Å². The Labute approximate surface area is 148 Å². The predicted octanol–water partition coefficient (Wildman–Crippen LogP) is 5.99. The summed E-state index contributed by atoms with van der Waals surface area (Å²) in [7, 11) is 1.75. The molecule has 120 valence electrons. The van der Waals surface area contributed by atoms with Gasteiger partial charge in [0.15, 0.2) is 0 Å². The number of hydrogen-bond donors (Lipinski definition) is 0. The van der Waals surface area contributed by atoms with Gasteiger partial charge in [-0.1, -0.05) is 90.6 Å². The van der Waals surface area contributed by atoms with Gasteiger partial charge in [0.25, 0.3) is 0 Å². The van der Waals surface area contributed by atoms with Crippen LogP contribution in [0.15, 0.2) is 95.9 Å². The summed E-state index contributed by atoms with van der Waals surface area (Å²) in [6.45, 7) is 0.577. The molecule has 0 saturated carbocycles. The molecule has 0 saturated heterocycles. The SMILES string of the molecule is COC/C(=C(\Sc1ccccc1)c1ccccc1)c1ccccc1. The zero-order valence-electron chi connectivity index (χ0n) is 13.7. The Balaban J connectivity index is 2.13. The van der Waals surface area contributed by atoms with Crippen LogP contribution in [0.25, 0.3) is 10.5 Å². The molecule has 0 fully saturated rings. The predicted molar refractivity (Wildman–Crippen MR) is 104 cm³/mol. The number of rotatable bonds is 6. The minimum Gasteiger partial charge on any atom is -0.380 e. The second kappa shape index (κ2) is 8.53. The van der Waals surface area contributed by atoms with Crippen molar-refractivity contribution in [3.05, 3.63) is 102 Å². The zero-order chi connectivity index (χ0) is 16.6. The molecule has 0 spiro atoms. The molecule has 24 heavy (non-hydrogen) atoms. The maximum Gasteiger partial charge on any atom is 0.0730 e. The number of ether oxygens (including phenoxy) is 1. The number of methoxy groups -OCH3 is 1. The molecule has 3 rings (SSSR count). The molecular formula is C22H20OS. The second-order valence-corrected chi connectivity index (χ2v) is 6.47. The van der Waals surface area contributed by atoms with Crippen LogP contribution < -0.4 is 0 Å². The Morgan fingerprint density at radius 1 is 0.708 bits per heavy atom. The second-order valence-electron chi connectivity index (χ2n) is 5.39. The van der Waals surface area contributed by atoms with E-state index in [9.17, 15) is 0 Å². The Hall–Kier alpha value is -2.29. The van der Waals surface area contributed by atoms with E-state index in [0.717, 1.165) is 0 Å². The van der Waals surface area contributed by atoms with Gasteiger partial charge in [-0.05, 0) is 28.8 Å². The van der Waals surface area contributed by atoms with E-state index in [1.54, 1.807) is 18.9 Å². The summed E-state index contributed by atoms with van der Waals surface area (Å²) in [6, 6.07) is 31.5. The molecule has 3 aromatic carbocycles. The van der Waals surface area contributed by atoms with Crippen molar-refractivity contribution in [3.63, 3.8) is 0 Å². The monoisotopic (exact) mass is 332 g/mol. The third kappa shape index (κ3) is 4.16. The van der Waals surface area contributed by atoms with E-state index in [4.69, 9.17) is 4.74 Å². The average molecular weight is 332 g/mol. The topological polar surface area (TPSA) is 9.23 Å². The lowest BCUT2D eigenvalue weighted by Gasteiger charge is -2.16. The van der Waals surface area contributed by atoms with Crippen molar-refractivity contribution in [2.24, 2.45) is 0 Å². The highest BCUT2D eigenvalue weighted by atomic mass is 32.2. The standard InChI is InChI=1S/C22H20OS/c1-23-17-21(18-11-5-2-6-12-18)22(19-13-7-3-8-14-19)24-20-15-9-4-10-16-20/h2-16H,17H2,1H3/b22-21+. The fraction of sp³-hybridized carbons (Fsp3) is 0.0909. The molecule has 0 N–H and O–H groups in total. The van der Waals surface area contributed by atoms with Crippen LogP contribution >= 0.6 is 11.8 Å². The van der Waals surface area contributed by atoms with Gasteiger partial charge >= 0.3 is 0 Å². The Morgan fingerprint density at radius 3 is 1.75 bits per heavy atom. The molecular weight excluding hydrogens is 312 g/mol. The van der Waals surface area contributed by atoms with E-state index in [-0.39, 0.29) is 0 Å². The molecule has 0 aliphatic rings. The molecule has 0 bridgehead atoms. The van der Waals surface area contributed by atoms with Crippen molar-refractivity contribution < 1.29 is 4.74 Å². The molecule has 0 amide bonds. The van der Waals surface area contributed by atoms with Crippen LogP contribution in [0.2, 0.25) is 0 Å². The van der Waals surface area contributed by atoms with Gasteiger partial charge in [0.2, 0.25) is 0 Å². The molecule has 0 atom stereocenters. The number of benzene rings is 3. The van der Waals surface area contributed by atoms with E-state index in [1.807, 2.05) is 18.2 Å². The van der Waals surface area contributed by atoms with Crippen molar-refractivity contribution in [2.45, 2.75) is 4.90 Å². The summed E-state index contributed by atoms with van der Waals surface area (Å²) in [6.07, 6.45) is 0. The summed E-state index contributed by atoms with van der Waals surface area (Å²) in [5.41, 5.74) is 3.61. The molecule has 0 heterocycles. The summed E-state index contributed by atoms with van der Waals surface area (Å²) in [5, 5.41) is 0. The third-order valence-corrected chi connectivity index (χ3v) is 4.88. The van der Waals surface area contributed by atoms with Crippen LogP contribution in [0, 0.1) is 0 Å². The molecule has 1 nitrogen and oxygen atoms in total. The highest BCUT2D eigenvalue weighted by Gasteiger charge is 2.13. The summed E-state index contributed by atoms with van der Waals surface area (Å²) < 4.78 is 5.53. The van der Waals surface area contributed by atoms with Gasteiger partial charge in [-0.3, -0.25) is 0 Å². The smallest absolute Gasteiger partial charge is 0.0730 e. The zero-order valence-corrected chi connectivity index (χ0v) is 14.5. The Morgan fingerprint density at radius 2 is 1.21 bits per heavy atom. The first-order valence-electron chi connectivity index (χ1n) is 7.94. The fourth-order valence-corrected chi connectivity index (χ4v) is 3.64. The van der Waals surface area contributed by atoms with Crippen molar-refractivity contribution in [1.29, 1.82) is 0 Å². The lowest BCUT2D eigenvalue weighted by Crippen LogP contribution is -1.98. The van der Waals surface area contributed by atoms with E-state index < -0.39 is 0 Å². The number of hydrogen-bond acceptors (Lipinski definition) is 2. The van der Waals surface area contributed by atoms with Crippen molar-refractivity contribution in [2.75, 3.05) is 13.7 Å². The van der Waals surface area contributed by atoms with Gasteiger partial charge in [0.1, 0.15) is 0 Å². The summed E-state index contributed by atoms with van der Waals surface area (Å²) >= 11 is 1.78. The molecule has 0 aromatic heterocycles. The average Bonchev–Trinajstić information content (AvgIpc) is 2.67. The van der Waals surface area contributed by atoms with Gasteiger partial charge in [-0.2, -0.15) is 0 Å². The largest absolute Gasteiger partial charge is 0.380 e. The molecule has 3 aromatic rings. The van der Waals surface area contributed by atoms with Gasteiger partial charge in [0, 0.05) is 16.9 Å². The van der Waals surface area contributed by atoms with Crippen molar-refractivity contribution in [3.8, 4) is 0 Å². The van der Waals surface area contributed by atoms with Gasteiger partial charge in [-0.15, -0.1) is 0 Å². The molecule has 0 radical (unpaired) electrons. The van der Waals surface area contributed by atoms with Crippen LogP contribution in [0.5, 0.6) is 0 Å². The molecule has 0 unspecified atom stereocenters. The molecule has 2 heteroatoms. The Bertz CT molecular complexity index is 780. The van der Waals surface area contributed by atoms with Gasteiger partial charge in [0.05, 0.1) is 6.61 Å². The van der Waals surface area contributed by atoms with Gasteiger partial charge in [-0.25, -0.2) is 0 Å². The highest BCUT2D eigenvalue weighted by Crippen LogP contribution is 2.40. The van der Waals surface area contributed by atoms with Crippen LogP contribution in [-0.2, 0) is 4.74 Å². The normalized spacial score (nSPS) is 11.9. The van der Waals surface area contributed by atoms with Crippen LogP contribution in [0.4, 0.5) is 0 Å². The Kier molecular flexibility index (Phi) is 5.89. The first-order chi connectivity index (χ1) is 11.9. The van der Waals surface area contributed by atoms with E-state index >= 15 is 0 Å². The van der Waals surface area contributed by atoms with Crippen molar-refractivity contribution in [1.82, 2.24) is 0 Å². The highest BCUT2D eigenvalue weighted by molar-refractivity contribution is 8.08. The minimum atomic E-state index is 0.577. The quantitative estimate of drug-likeness (QED) is 0.405. The summed E-state index contributed by atoms with van der Waals surface area (Å²) in [4.78, 5) is 2.45. The first-order valence-corrected chi connectivity index (χ1v) is 8.76. The third-order valence-electron chi connectivity index (χ3n) is 3.68. The van der Waals surface area contributed by atoms with Crippen LogP contribution in [0.3, 0.4) is 0 Å². The maximum absolute atomic E-state index is 5.53. The lowest BCUT2D eigenvalue weighted by molar-refractivity contribution is 0.240. The first kappa shape index (κ1) is 16.6. The van der Waals surface area contributed by atoms with E-state index in [1.165, 1.54) is 26.5 Å². The van der Waals surface area contributed by atoms with E-state index in [0.29, 0.717) is 6.61 Å². The lowest BCUT2D eigenvalue weighted by atomic mass is 10.0. The molecule has 0 aliphatic heterocycles.